The van der Waals surface area contributed by atoms with Crippen molar-refractivity contribution in [3.63, 3.8) is 0 Å². The van der Waals surface area contributed by atoms with E-state index in [-0.39, 0.29) is 53.8 Å². The van der Waals surface area contributed by atoms with Gasteiger partial charge in [0.1, 0.15) is 17.1 Å². The molecule has 10 heteroatoms. The molecule has 1 aromatic heterocycles. The fraction of sp³-hybridized carbons (Fsp3) is 0.458. The second-order valence-electron chi connectivity index (χ2n) is 8.13. The molecular formula is C24H28Cl2N4O4. The van der Waals surface area contributed by atoms with Gasteiger partial charge in [0.25, 0.3) is 11.8 Å². The molecule has 2 amide bonds. The Labute approximate surface area is 209 Å². The highest BCUT2D eigenvalue weighted by Gasteiger charge is 2.34. The van der Waals surface area contributed by atoms with Gasteiger partial charge < -0.3 is 14.5 Å². The number of carbonyl (C=O) groups is 3. The highest BCUT2D eigenvalue weighted by molar-refractivity contribution is 6.36. The van der Waals surface area contributed by atoms with E-state index in [1.165, 1.54) is 6.07 Å². The van der Waals surface area contributed by atoms with Crippen molar-refractivity contribution in [3.8, 4) is 0 Å². The quantitative estimate of drug-likeness (QED) is 0.544. The zero-order chi connectivity index (χ0) is 25.0. The normalized spacial score (nSPS) is 15.9. The Balaban J connectivity index is 1.85. The number of nitrogens with zero attached hydrogens (tertiary/aromatic N) is 4. The molecule has 182 valence electrons. The van der Waals surface area contributed by atoms with Gasteiger partial charge in [-0.2, -0.15) is 0 Å². The van der Waals surface area contributed by atoms with Gasteiger partial charge in [0.05, 0.1) is 22.9 Å². The zero-order valence-corrected chi connectivity index (χ0v) is 21.2. The van der Waals surface area contributed by atoms with E-state index < -0.39 is 5.97 Å². The molecule has 1 atom stereocenters. The highest BCUT2D eigenvalue weighted by atomic mass is 35.5. The van der Waals surface area contributed by atoms with Crippen molar-refractivity contribution in [1.29, 1.82) is 0 Å². The highest BCUT2D eigenvalue weighted by Crippen LogP contribution is 2.25. The molecule has 0 saturated carbocycles. The summed E-state index contributed by atoms with van der Waals surface area (Å²) in [5.41, 5.74) is 1.04. The van der Waals surface area contributed by atoms with Gasteiger partial charge >= 0.3 is 5.97 Å². The standard InChI is InChI=1S/C24H28Cl2N4O4/c1-5-7-19-20(24(33)34-6-2)21(28-15(4)27-19)23(32)29-10-11-30(14(3)13-29)22(31)17-9-8-16(25)12-18(17)26/h8-9,12,14H,5-7,10-11,13H2,1-4H3. The minimum Gasteiger partial charge on any atom is -0.462 e. The molecule has 0 N–H and O–H groups in total. The summed E-state index contributed by atoms with van der Waals surface area (Å²) in [6.45, 7) is 8.29. The van der Waals surface area contributed by atoms with Gasteiger partial charge in [0.2, 0.25) is 0 Å². The van der Waals surface area contributed by atoms with Gasteiger partial charge in [-0.25, -0.2) is 14.8 Å². The van der Waals surface area contributed by atoms with E-state index >= 15 is 0 Å². The average Bonchev–Trinajstić information content (AvgIpc) is 2.78. The van der Waals surface area contributed by atoms with E-state index in [9.17, 15) is 14.4 Å². The number of aryl methyl sites for hydroxylation is 2. The van der Waals surface area contributed by atoms with Crippen LogP contribution in [0.5, 0.6) is 0 Å². The van der Waals surface area contributed by atoms with Crippen LogP contribution in [0.1, 0.15) is 69.9 Å². The van der Waals surface area contributed by atoms with Crippen LogP contribution in [-0.2, 0) is 11.2 Å². The van der Waals surface area contributed by atoms with Gasteiger partial charge in [-0.1, -0.05) is 36.5 Å². The van der Waals surface area contributed by atoms with E-state index in [1.54, 1.807) is 35.8 Å². The van der Waals surface area contributed by atoms with Crippen molar-refractivity contribution in [2.24, 2.45) is 0 Å². The van der Waals surface area contributed by atoms with Crippen LogP contribution < -0.4 is 0 Å². The minimum absolute atomic E-state index is 0.0436. The van der Waals surface area contributed by atoms with E-state index in [0.29, 0.717) is 35.1 Å². The molecule has 34 heavy (non-hydrogen) atoms. The minimum atomic E-state index is -0.603. The maximum atomic E-state index is 13.5. The molecule has 1 saturated heterocycles. The van der Waals surface area contributed by atoms with E-state index in [1.807, 2.05) is 13.8 Å². The lowest BCUT2D eigenvalue weighted by atomic mass is 10.0. The van der Waals surface area contributed by atoms with Gasteiger partial charge in [0.15, 0.2) is 0 Å². The molecule has 1 unspecified atom stereocenters. The third-order valence-electron chi connectivity index (χ3n) is 5.60. The van der Waals surface area contributed by atoms with Crippen LogP contribution in [0.2, 0.25) is 10.0 Å². The molecule has 0 spiro atoms. The Morgan fingerprint density at radius 2 is 1.85 bits per heavy atom. The van der Waals surface area contributed by atoms with Crippen LogP contribution in [0.25, 0.3) is 0 Å². The van der Waals surface area contributed by atoms with Crippen LogP contribution in [0.3, 0.4) is 0 Å². The Morgan fingerprint density at radius 1 is 1.12 bits per heavy atom. The molecule has 0 aliphatic carbocycles. The number of carbonyl (C=O) groups excluding carboxylic acids is 3. The fourth-order valence-electron chi connectivity index (χ4n) is 4.03. The Morgan fingerprint density at radius 3 is 2.47 bits per heavy atom. The zero-order valence-electron chi connectivity index (χ0n) is 19.7. The lowest BCUT2D eigenvalue weighted by Crippen LogP contribution is -2.55. The van der Waals surface area contributed by atoms with Crippen LogP contribution in [0.4, 0.5) is 0 Å². The molecule has 3 rings (SSSR count). The number of ether oxygens (including phenoxy) is 1. The van der Waals surface area contributed by atoms with Crippen molar-refractivity contribution < 1.29 is 19.1 Å². The van der Waals surface area contributed by atoms with Crippen molar-refractivity contribution in [2.45, 2.75) is 46.6 Å². The predicted octanol–water partition coefficient (Wildman–Crippen LogP) is 4.21. The molecule has 1 aliphatic rings. The van der Waals surface area contributed by atoms with Crippen molar-refractivity contribution >= 4 is 41.0 Å². The summed E-state index contributed by atoms with van der Waals surface area (Å²) in [5.74, 6) is -0.793. The summed E-state index contributed by atoms with van der Waals surface area (Å²) >= 11 is 12.2. The summed E-state index contributed by atoms with van der Waals surface area (Å²) < 4.78 is 5.21. The molecule has 1 aliphatic heterocycles. The maximum absolute atomic E-state index is 13.5. The smallest absolute Gasteiger partial charge is 0.342 e. The number of benzene rings is 1. The Kier molecular flexibility index (Phi) is 8.49. The number of piperazine rings is 1. The monoisotopic (exact) mass is 506 g/mol. The van der Waals surface area contributed by atoms with E-state index in [0.717, 1.165) is 6.42 Å². The maximum Gasteiger partial charge on any atom is 0.342 e. The lowest BCUT2D eigenvalue weighted by Gasteiger charge is -2.40. The molecule has 2 heterocycles. The molecule has 0 radical (unpaired) electrons. The van der Waals surface area contributed by atoms with E-state index in [2.05, 4.69) is 9.97 Å². The number of rotatable bonds is 6. The molecule has 2 aromatic rings. The first kappa shape index (κ1) is 25.9. The first-order chi connectivity index (χ1) is 16.2. The van der Waals surface area contributed by atoms with Gasteiger partial charge in [-0.05, 0) is 45.4 Å². The number of hydrogen-bond donors (Lipinski definition) is 0. The number of amides is 2. The first-order valence-electron chi connectivity index (χ1n) is 11.3. The average molecular weight is 507 g/mol. The van der Waals surface area contributed by atoms with Crippen LogP contribution >= 0.6 is 23.2 Å². The van der Waals surface area contributed by atoms with Gasteiger partial charge in [0, 0.05) is 30.7 Å². The van der Waals surface area contributed by atoms with Crippen molar-refractivity contribution in [2.75, 3.05) is 26.2 Å². The third-order valence-corrected chi connectivity index (χ3v) is 6.15. The second-order valence-corrected chi connectivity index (χ2v) is 8.98. The number of hydrogen-bond acceptors (Lipinski definition) is 6. The van der Waals surface area contributed by atoms with Crippen LogP contribution in [0, 0.1) is 6.92 Å². The first-order valence-corrected chi connectivity index (χ1v) is 12.0. The lowest BCUT2D eigenvalue weighted by molar-refractivity contribution is 0.0406. The largest absolute Gasteiger partial charge is 0.462 e. The molecular weight excluding hydrogens is 479 g/mol. The van der Waals surface area contributed by atoms with E-state index in [4.69, 9.17) is 27.9 Å². The van der Waals surface area contributed by atoms with Crippen molar-refractivity contribution in [3.05, 3.63) is 56.6 Å². The molecule has 0 bridgehead atoms. The van der Waals surface area contributed by atoms with Crippen molar-refractivity contribution in [1.82, 2.24) is 19.8 Å². The fourth-order valence-corrected chi connectivity index (χ4v) is 4.52. The van der Waals surface area contributed by atoms with Crippen LogP contribution in [-0.4, -0.2) is 69.8 Å². The van der Waals surface area contributed by atoms with Gasteiger partial charge in [-0.15, -0.1) is 0 Å². The number of halogens is 2. The molecule has 8 nitrogen and oxygen atoms in total. The summed E-state index contributed by atoms with van der Waals surface area (Å²) in [6, 6.07) is 4.47. The number of aromatic nitrogens is 2. The number of esters is 1. The summed E-state index contributed by atoms with van der Waals surface area (Å²) in [7, 11) is 0. The summed E-state index contributed by atoms with van der Waals surface area (Å²) in [6.07, 6.45) is 1.28. The molecule has 1 aromatic carbocycles. The Bertz CT molecular complexity index is 1110. The topological polar surface area (TPSA) is 92.7 Å². The van der Waals surface area contributed by atoms with Crippen LogP contribution in [0.15, 0.2) is 18.2 Å². The Hall–Kier alpha value is -2.71. The SMILES string of the molecule is CCCc1nc(C)nc(C(=O)N2CCN(C(=O)c3ccc(Cl)cc3Cl)C(C)C2)c1C(=O)OCC. The molecule has 1 fully saturated rings. The summed E-state index contributed by atoms with van der Waals surface area (Å²) in [4.78, 5) is 51.3. The van der Waals surface area contributed by atoms with Gasteiger partial charge in [-0.3, -0.25) is 9.59 Å². The summed E-state index contributed by atoms with van der Waals surface area (Å²) in [5, 5.41) is 0.729. The second kappa shape index (κ2) is 11.1. The predicted molar refractivity (Wildman–Crippen MR) is 130 cm³/mol. The third kappa shape index (κ3) is 5.50.